The van der Waals surface area contributed by atoms with Gasteiger partial charge in [0.1, 0.15) is 19.5 Å². The highest BCUT2D eigenvalue weighted by Gasteiger charge is 2.24. The topological polar surface area (TPSA) is 24.7 Å². The summed E-state index contributed by atoms with van der Waals surface area (Å²) in [6.07, 6.45) is 3.56. The fraction of sp³-hybridized carbons (Fsp3) is 0.0952. The zero-order valence-electron chi connectivity index (χ0n) is 14.1. The number of benzene rings is 2. The predicted molar refractivity (Wildman–Crippen MR) is 101 cm³/mol. The van der Waals surface area contributed by atoms with Gasteiger partial charge < -0.3 is 0 Å². The van der Waals surface area contributed by atoms with Gasteiger partial charge in [0.25, 0.3) is 0 Å². The van der Waals surface area contributed by atoms with E-state index >= 15 is 0 Å². The minimum absolute atomic E-state index is 0.148. The quantitative estimate of drug-likeness (QED) is 0.560. The molecule has 2 nitrogen and oxygen atoms in total. The van der Waals surface area contributed by atoms with E-state index in [1.807, 2.05) is 19.1 Å². The van der Waals surface area contributed by atoms with Gasteiger partial charge in [-0.3, -0.25) is 9.98 Å². The number of hydrogen-bond donors (Lipinski definition) is 0. The van der Waals surface area contributed by atoms with Crippen molar-refractivity contribution in [3.05, 3.63) is 87.8 Å². The maximum Gasteiger partial charge on any atom is 0.135 e. The highest BCUT2D eigenvalue weighted by atomic mass is 19.1. The number of rotatable bonds is 1. The summed E-state index contributed by atoms with van der Waals surface area (Å²) in [5, 5.41) is 0. The molecule has 0 amide bonds. The van der Waals surface area contributed by atoms with E-state index in [1.54, 1.807) is 18.3 Å². The Morgan fingerprint density at radius 3 is 2.62 bits per heavy atom. The van der Waals surface area contributed by atoms with Gasteiger partial charge in [-0.2, -0.15) is 0 Å². The van der Waals surface area contributed by atoms with Crippen molar-refractivity contribution in [1.29, 1.82) is 0 Å². The molecule has 5 heteroatoms. The summed E-state index contributed by atoms with van der Waals surface area (Å²) in [5.41, 5.74) is 7.56. The van der Waals surface area contributed by atoms with Crippen molar-refractivity contribution in [3.63, 3.8) is 0 Å². The van der Waals surface area contributed by atoms with Crippen molar-refractivity contribution in [1.82, 2.24) is 0 Å². The highest BCUT2D eigenvalue weighted by molar-refractivity contribution is 6.33. The van der Waals surface area contributed by atoms with Crippen LogP contribution < -0.4 is 5.46 Å². The van der Waals surface area contributed by atoms with Crippen LogP contribution in [0.4, 0.5) is 8.78 Å². The highest BCUT2D eigenvalue weighted by Crippen LogP contribution is 2.30. The zero-order chi connectivity index (χ0) is 18.3. The van der Waals surface area contributed by atoms with Gasteiger partial charge in [0, 0.05) is 17.4 Å². The van der Waals surface area contributed by atoms with Crippen LogP contribution in [0.15, 0.2) is 69.5 Å². The van der Waals surface area contributed by atoms with E-state index in [2.05, 4.69) is 15.7 Å². The van der Waals surface area contributed by atoms with E-state index in [0.717, 1.165) is 22.4 Å². The molecule has 124 valence electrons. The molecule has 2 heterocycles. The zero-order valence-corrected chi connectivity index (χ0v) is 14.1. The molecule has 2 aliphatic heterocycles. The Bertz CT molecular complexity index is 1070. The molecule has 0 atom stereocenters. The van der Waals surface area contributed by atoms with E-state index < -0.39 is 11.6 Å². The SMILES string of the molecule is [B]c1ccc2c(c1)C(c1c(F)cccc1F)=NCC1=C2C=C=C(C)N=C1. The summed E-state index contributed by atoms with van der Waals surface area (Å²) in [6.45, 7) is 2.11. The number of allylic oxidation sites excluding steroid dienone is 2. The number of nitrogens with zero attached hydrogens (tertiary/aromatic N) is 2. The van der Waals surface area contributed by atoms with Crippen molar-refractivity contribution in [2.24, 2.45) is 9.98 Å². The molecule has 0 saturated carbocycles. The lowest BCUT2D eigenvalue weighted by Crippen LogP contribution is -2.14. The number of fused-ring (bicyclic) bond motifs is 2. The molecule has 2 aromatic carbocycles. The molecule has 0 saturated heterocycles. The van der Waals surface area contributed by atoms with Gasteiger partial charge in [-0.1, -0.05) is 35.5 Å². The van der Waals surface area contributed by atoms with Crippen LogP contribution in [0.25, 0.3) is 5.57 Å². The number of halogens is 2. The van der Waals surface area contributed by atoms with Gasteiger partial charge in [-0.05, 0) is 36.3 Å². The lowest BCUT2D eigenvalue weighted by molar-refractivity contribution is 0.579. The Morgan fingerprint density at radius 1 is 1.08 bits per heavy atom. The molecule has 0 aliphatic carbocycles. The fourth-order valence-corrected chi connectivity index (χ4v) is 3.11. The second-order valence-electron chi connectivity index (χ2n) is 6.14. The van der Waals surface area contributed by atoms with Crippen LogP contribution in [0.3, 0.4) is 0 Å². The van der Waals surface area contributed by atoms with Gasteiger partial charge in [0.05, 0.1) is 23.5 Å². The second-order valence-corrected chi connectivity index (χ2v) is 6.14. The first-order valence-corrected chi connectivity index (χ1v) is 8.14. The minimum atomic E-state index is -0.658. The van der Waals surface area contributed by atoms with E-state index in [4.69, 9.17) is 7.85 Å². The maximum absolute atomic E-state index is 14.4. The molecule has 0 fully saturated rings. The molecule has 0 N–H and O–H groups in total. The molecule has 0 aromatic heterocycles. The van der Waals surface area contributed by atoms with Crippen LogP contribution in [0, 0.1) is 11.6 Å². The van der Waals surface area contributed by atoms with Crippen LogP contribution in [-0.2, 0) is 0 Å². The van der Waals surface area contributed by atoms with Crippen LogP contribution in [0.5, 0.6) is 0 Å². The van der Waals surface area contributed by atoms with Crippen molar-refractivity contribution in [2.75, 3.05) is 6.54 Å². The summed E-state index contributed by atoms with van der Waals surface area (Å²) in [5.74, 6) is -1.32. The maximum atomic E-state index is 14.4. The smallest absolute Gasteiger partial charge is 0.135 e. The Labute approximate surface area is 151 Å². The summed E-state index contributed by atoms with van der Waals surface area (Å²) in [7, 11) is 5.96. The van der Waals surface area contributed by atoms with Crippen LogP contribution >= 0.6 is 0 Å². The lowest BCUT2D eigenvalue weighted by Gasteiger charge is -2.14. The Kier molecular flexibility index (Phi) is 4.02. The van der Waals surface area contributed by atoms with Crippen molar-refractivity contribution < 1.29 is 8.78 Å². The molecule has 2 aliphatic rings. The summed E-state index contributed by atoms with van der Waals surface area (Å²) in [4.78, 5) is 8.85. The lowest BCUT2D eigenvalue weighted by atomic mass is 9.86. The first kappa shape index (κ1) is 16.4. The molecule has 0 bridgehead atoms. The molecule has 2 aromatic rings. The molecule has 0 spiro atoms. The second kappa shape index (κ2) is 6.36. The van der Waals surface area contributed by atoms with Gasteiger partial charge in [0.2, 0.25) is 0 Å². The number of hydrogen-bond acceptors (Lipinski definition) is 2. The van der Waals surface area contributed by atoms with Crippen LogP contribution in [-0.4, -0.2) is 26.3 Å². The van der Waals surface area contributed by atoms with Crippen molar-refractivity contribution in [2.45, 2.75) is 6.92 Å². The summed E-state index contributed by atoms with van der Waals surface area (Å²) >= 11 is 0. The summed E-state index contributed by atoms with van der Waals surface area (Å²) in [6, 6.07) is 9.08. The van der Waals surface area contributed by atoms with Crippen LogP contribution in [0.1, 0.15) is 23.6 Å². The van der Waals surface area contributed by atoms with Crippen molar-refractivity contribution >= 4 is 30.8 Å². The monoisotopic (exact) mass is 342 g/mol. The normalized spacial score (nSPS) is 15.7. The fourth-order valence-electron chi connectivity index (χ4n) is 3.11. The van der Waals surface area contributed by atoms with Gasteiger partial charge >= 0.3 is 0 Å². The molecular formula is C21H13BF2N2. The largest absolute Gasteiger partial charge is 0.279 e. The molecule has 0 unspecified atom stereocenters. The molecular weight excluding hydrogens is 329 g/mol. The minimum Gasteiger partial charge on any atom is -0.279 e. The first-order valence-electron chi connectivity index (χ1n) is 8.14. The van der Waals surface area contributed by atoms with Crippen LogP contribution in [0.2, 0.25) is 0 Å². The molecule has 4 rings (SSSR count). The molecule has 2 radical (unpaired) electrons. The van der Waals surface area contributed by atoms with E-state index in [-0.39, 0.29) is 17.8 Å². The Hall–Kier alpha value is -3.04. The third kappa shape index (κ3) is 2.77. The van der Waals surface area contributed by atoms with E-state index in [0.29, 0.717) is 11.0 Å². The van der Waals surface area contributed by atoms with E-state index in [9.17, 15) is 8.78 Å². The third-order valence-electron chi connectivity index (χ3n) is 4.38. The molecule has 26 heavy (non-hydrogen) atoms. The average molecular weight is 342 g/mol. The standard InChI is InChI=1S/C21H13BF2N2/c1-12-5-7-15-13(10-25-12)11-26-21(17-9-14(22)6-8-16(15)17)20-18(23)3-2-4-19(20)24/h2-4,6-10H,11H2,1H3. The van der Waals surface area contributed by atoms with E-state index in [1.165, 1.54) is 18.2 Å². The first-order chi connectivity index (χ1) is 12.5. The average Bonchev–Trinajstić information content (AvgIpc) is 2.87. The third-order valence-corrected chi connectivity index (χ3v) is 4.38. The number of aliphatic imine (C=N–C) groups is 2. The van der Waals surface area contributed by atoms with Gasteiger partial charge in [0.15, 0.2) is 0 Å². The van der Waals surface area contributed by atoms with Crippen molar-refractivity contribution in [3.8, 4) is 0 Å². The summed E-state index contributed by atoms with van der Waals surface area (Å²) < 4.78 is 28.9. The van der Waals surface area contributed by atoms with Gasteiger partial charge in [-0.25, -0.2) is 8.78 Å². The predicted octanol–water partition coefficient (Wildman–Crippen LogP) is 3.51. The Morgan fingerprint density at radius 2 is 1.85 bits per heavy atom. The Balaban J connectivity index is 2.02. The van der Waals surface area contributed by atoms with Gasteiger partial charge in [-0.15, -0.1) is 0 Å².